The zero-order valence-corrected chi connectivity index (χ0v) is 20.2. The summed E-state index contributed by atoms with van der Waals surface area (Å²) >= 11 is 0. The topological polar surface area (TPSA) is 73.1 Å². The normalized spacial score (nSPS) is 17.1. The number of imidazole rings is 1. The SMILES string of the molecule is Cn1cnc2ccc(-c3cc4c(n(-c5ccc(OC(F)F)cc5)c3=O)NC(C)(NCC(F)(F)F)C=C4)cc21. The fourth-order valence-corrected chi connectivity index (χ4v) is 4.35. The maximum atomic E-state index is 13.9. The molecule has 2 aromatic carbocycles. The van der Waals surface area contributed by atoms with Crippen LogP contribution in [-0.2, 0) is 7.05 Å². The average molecular weight is 531 g/mol. The van der Waals surface area contributed by atoms with Crippen LogP contribution in [0.4, 0.5) is 27.8 Å². The van der Waals surface area contributed by atoms with Crippen molar-refractivity contribution in [3.8, 4) is 22.6 Å². The van der Waals surface area contributed by atoms with E-state index < -0.39 is 30.6 Å². The number of nitrogens with one attached hydrogen (secondary N) is 2. The lowest BCUT2D eigenvalue weighted by Gasteiger charge is -2.35. The first-order valence-electron chi connectivity index (χ1n) is 11.5. The van der Waals surface area contributed by atoms with Crippen LogP contribution in [0.25, 0.3) is 33.9 Å². The van der Waals surface area contributed by atoms with E-state index in [1.807, 2.05) is 17.7 Å². The van der Waals surface area contributed by atoms with Crippen LogP contribution in [0.15, 0.2) is 65.7 Å². The number of rotatable bonds is 6. The number of ether oxygens (including phenoxy) is 1. The average Bonchev–Trinajstić information content (AvgIpc) is 3.23. The number of benzene rings is 2. The van der Waals surface area contributed by atoms with Gasteiger partial charge in [0.05, 0.1) is 29.6 Å². The van der Waals surface area contributed by atoms with Gasteiger partial charge in [0, 0.05) is 18.2 Å². The van der Waals surface area contributed by atoms with Gasteiger partial charge in [0.1, 0.15) is 17.2 Å². The smallest absolute Gasteiger partial charge is 0.401 e. The number of nitrogens with zero attached hydrogens (tertiary/aromatic N) is 3. The molecule has 1 atom stereocenters. The fraction of sp³-hybridized carbons (Fsp3) is 0.231. The van der Waals surface area contributed by atoms with Crippen LogP contribution in [0.5, 0.6) is 5.75 Å². The Balaban J connectivity index is 1.66. The zero-order chi connectivity index (χ0) is 27.2. The van der Waals surface area contributed by atoms with Gasteiger partial charge in [-0.25, -0.2) is 4.98 Å². The third kappa shape index (κ3) is 4.99. The third-order valence-electron chi connectivity index (χ3n) is 6.22. The molecule has 198 valence electrons. The molecule has 0 spiro atoms. The van der Waals surface area contributed by atoms with E-state index in [0.717, 1.165) is 11.0 Å². The Morgan fingerprint density at radius 2 is 1.87 bits per heavy atom. The molecule has 4 aromatic rings. The molecule has 0 saturated carbocycles. The predicted molar refractivity (Wildman–Crippen MR) is 133 cm³/mol. The number of aryl methyl sites for hydroxylation is 1. The van der Waals surface area contributed by atoms with E-state index in [1.165, 1.54) is 35.8 Å². The Labute approximate surface area is 213 Å². The minimum atomic E-state index is -4.45. The Hall–Kier alpha value is -4.19. The summed E-state index contributed by atoms with van der Waals surface area (Å²) in [5.74, 6) is 0.135. The van der Waals surface area contributed by atoms with Gasteiger partial charge in [-0.3, -0.25) is 14.7 Å². The van der Waals surface area contributed by atoms with E-state index in [9.17, 15) is 26.7 Å². The number of anilines is 1. The van der Waals surface area contributed by atoms with Crippen molar-refractivity contribution in [1.29, 1.82) is 0 Å². The highest BCUT2D eigenvalue weighted by Gasteiger charge is 2.34. The van der Waals surface area contributed by atoms with Crippen molar-refractivity contribution < 1.29 is 26.7 Å². The van der Waals surface area contributed by atoms with E-state index >= 15 is 0 Å². The molecular weight excluding hydrogens is 509 g/mol. The largest absolute Gasteiger partial charge is 0.435 e. The first kappa shape index (κ1) is 25.5. The van der Waals surface area contributed by atoms with Crippen LogP contribution < -0.4 is 20.9 Å². The second kappa shape index (κ2) is 9.28. The summed E-state index contributed by atoms with van der Waals surface area (Å²) in [6, 6.07) is 12.5. The Bertz CT molecular complexity index is 1590. The first-order valence-corrected chi connectivity index (χ1v) is 11.5. The fourth-order valence-electron chi connectivity index (χ4n) is 4.35. The van der Waals surface area contributed by atoms with Crippen molar-refractivity contribution in [3.63, 3.8) is 0 Å². The molecule has 0 radical (unpaired) electrons. The Kier molecular flexibility index (Phi) is 6.22. The second-order valence-corrected chi connectivity index (χ2v) is 9.06. The molecule has 38 heavy (non-hydrogen) atoms. The van der Waals surface area contributed by atoms with E-state index in [-0.39, 0.29) is 11.6 Å². The molecule has 7 nitrogen and oxygen atoms in total. The highest BCUT2D eigenvalue weighted by molar-refractivity contribution is 5.84. The number of alkyl halides is 5. The van der Waals surface area contributed by atoms with Crippen LogP contribution in [0, 0.1) is 0 Å². The molecule has 12 heteroatoms. The maximum absolute atomic E-state index is 13.9. The standard InChI is InChI=1S/C26H22F5N5O2/c1-25(33-13-26(29,30)31)10-9-16-11-19(15-3-8-20-21(12-15)35(2)14-32-20)23(37)36(22(16)34-25)17-4-6-18(7-5-17)38-24(27)28/h3-12,14,24,33-34H,13H2,1-2H3. The minimum Gasteiger partial charge on any atom is -0.435 e. The van der Waals surface area contributed by atoms with Gasteiger partial charge in [0.25, 0.3) is 5.56 Å². The van der Waals surface area contributed by atoms with E-state index in [2.05, 4.69) is 20.4 Å². The van der Waals surface area contributed by atoms with Crippen LogP contribution in [0.3, 0.4) is 0 Å². The number of hydrogen-bond acceptors (Lipinski definition) is 5. The summed E-state index contributed by atoms with van der Waals surface area (Å²) in [5, 5.41) is 5.44. The maximum Gasteiger partial charge on any atom is 0.401 e. The molecule has 2 aromatic heterocycles. The number of pyridine rings is 1. The van der Waals surface area contributed by atoms with Crippen molar-refractivity contribution in [2.24, 2.45) is 7.05 Å². The highest BCUT2D eigenvalue weighted by atomic mass is 19.4. The molecule has 0 bridgehead atoms. The van der Waals surface area contributed by atoms with Crippen LogP contribution in [-0.4, -0.2) is 39.1 Å². The molecule has 1 aliphatic rings. The summed E-state index contributed by atoms with van der Waals surface area (Å²) in [6.45, 7) is -2.77. The van der Waals surface area contributed by atoms with Crippen molar-refractivity contribution in [3.05, 3.63) is 76.9 Å². The Morgan fingerprint density at radius 3 is 2.55 bits per heavy atom. The predicted octanol–water partition coefficient (Wildman–Crippen LogP) is 5.30. The van der Waals surface area contributed by atoms with E-state index in [0.29, 0.717) is 22.4 Å². The molecule has 1 unspecified atom stereocenters. The lowest BCUT2D eigenvalue weighted by molar-refractivity contribution is -0.127. The zero-order valence-electron chi connectivity index (χ0n) is 20.2. The van der Waals surface area contributed by atoms with E-state index in [1.54, 1.807) is 36.7 Å². The molecular formula is C26H22F5N5O2. The number of halogens is 5. The van der Waals surface area contributed by atoms with Gasteiger partial charge in [-0.1, -0.05) is 12.1 Å². The molecule has 0 aliphatic carbocycles. The molecule has 2 N–H and O–H groups in total. The molecule has 0 saturated heterocycles. The summed E-state index contributed by atoms with van der Waals surface area (Å²) < 4.78 is 71.6. The van der Waals surface area contributed by atoms with Gasteiger partial charge in [-0.05, 0) is 61.0 Å². The lowest BCUT2D eigenvalue weighted by Crippen LogP contribution is -2.52. The monoisotopic (exact) mass is 531 g/mol. The molecule has 5 rings (SSSR count). The number of hydrogen-bond donors (Lipinski definition) is 2. The van der Waals surface area contributed by atoms with Gasteiger partial charge in [0.2, 0.25) is 0 Å². The minimum absolute atomic E-state index is 0.104. The summed E-state index contributed by atoms with van der Waals surface area (Å²) in [6.07, 6.45) is 0.381. The molecule has 1 aliphatic heterocycles. The quantitative estimate of drug-likeness (QED) is 0.331. The number of fused-ring (bicyclic) bond motifs is 2. The molecule has 0 amide bonds. The molecule has 3 heterocycles. The summed E-state index contributed by atoms with van der Waals surface area (Å²) in [4.78, 5) is 18.2. The second-order valence-electron chi connectivity index (χ2n) is 9.06. The lowest BCUT2D eigenvalue weighted by atomic mass is 9.99. The van der Waals surface area contributed by atoms with Crippen molar-refractivity contribution in [1.82, 2.24) is 19.4 Å². The summed E-state index contributed by atoms with van der Waals surface area (Å²) in [7, 11) is 1.83. The van der Waals surface area contributed by atoms with Crippen molar-refractivity contribution in [2.45, 2.75) is 25.4 Å². The first-order chi connectivity index (χ1) is 17.9. The van der Waals surface area contributed by atoms with Gasteiger partial charge < -0.3 is 14.6 Å². The van der Waals surface area contributed by atoms with Crippen LogP contribution >= 0.6 is 0 Å². The van der Waals surface area contributed by atoms with Gasteiger partial charge >= 0.3 is 12.8 Å². The van der Waals surface area contributed by atoms with Gasteiger partial charge in [-0.15, -0.1) is 0 Å². The van der Waals surface area contributed by atoms with Gasteiger partial charge in [-0.2, -0.15) is 22.0 Å². The summed E-state index contributed by atoms with van der Waals surface area (Å²) in [5.41, 5.74) is 1.55. The van der Waals surface area contributed by atoms with Crippen molar-refractivity contribution in [2.75, 3.05) is 11.9 Å². The number of aromatic nitrogens is 3. The molecule has 0 fully saturated rings. The van der Waals surface area contributed by atoms with Crippen molar-refractivity contribution >= 4 is 22.9 Å². The van der Waals surface area contributed by atoms with Crippen LogP contribution in [0.1, 0.15) is 12.5 Å². The van der Waals surface area contributed by atoms with Crippen LogP contribution in [0.2, 0.25) is 0 Å². The van der Waals surface area contributed by atoms with Gasteiger partial charge in [0.15, 0.2) is 0 Å². The highest BCUT2D eigenvalue weighted by Crippen LogP contribution is 2.33. The Morgan fingerprint density at radius 1 is 1.13 bits per heavy atom. The van der Waals surface area contributed by atoms with E-state index in [4.69, 9.17) is 0 Å². The third-order valence-corrected chi connectivity index (χ3v) is 6.22.